The summed E-state index contributed by atoms with van der Waals surface area (Å²) >= 11 is 0. The molecule has 0 saturated carbocycles. The van der Waals surface area contributed by atoms with Crippen LogP contribution in [0.5, 0.6) is 11.5 Å². The van der Waals surface area contributed by atoms with E-state index in [1.807, 2.05) is 18.2 Å². The first-order valence-electron chi connectivity index (χ1n) is 6.65. The molecule has 0 aromatic heterocycles. The van der Waals surface area contributed by atoms with Crippen molar-refractivity contribution in [2.45, 2.75) is 6.04 Å². The molecule has 1 aliphatic heterocycles. The first kappa shape index (κ1) is 14.1. The molecule has 0 bridgehead atoms. The predicted molar refractivity (Wildman–Crippen MR) is 75.8 cm³/mol. The standard InChI is InChI=1S/C14H23N3O2/c1-18-13-4-3-11(9-14(13)19-2)12(15)10-17-7-5-16-6-8-17/h3-4,9,12,16H,5-8,10,15H2,1-2H3. The summed E-state index contributed by atoms with van der Waals surface area (Å²) in [6, 6.07) is 5.88. The van der Waals surface area contributed by atoms with Crippen molar-refractivity contribution >= 4 is 0 Å². The minimum Gasteiger partial charge on any atom is -0.493 e. The molecule has 0 spiro atoms. The van der Waals surface area contributed by atoms with Gasteiger partial charge in [0, 0.05) is 38.8 Å². The van der Waals surface area contributed by atoms with Gasteiger partial charge < -0.3 is 20.5 Å². The second-order valence-corrected chi connectivity index (χ2v) is 4.77. The van der Waals surface area contributed by atoms with Crippen molar-refractivity contribution in [2.24, 2.45) is 5.73 Å². The third-order valence-electron chi connectivity index (χ3n) is 3.50. The van der Waals surface area contributed by atoms with E-state index in [-0.39, 0.29) is 6.04 Å². The van der Waals surface area contributed by atoms with Gasteiger partial charge in [-0.15, -0.1) is 0 Å². The molecule has 3 N–H and O–H groups in total. The summed E-state index contributed by atoms with van der Waals surface area (Å²) in [4.78, 5) is 2.39. The average molecular weight is 265 g/mol. The molecule has 1 aromatic carbocycles. The Balaban J connectivity index is 2.03. The van der Waals surface area contributed by atoms with Crippen LogP contribution in [0.3, 0.4) is 0 Å². The van der Waals surface area contributed by atoms with Crippen LogP contribution in [0, 0.1) is 0 Å². The fourth-order valence-corrected chi connectivity index (χ4v) is 2.36. The molecule has 19 heavy (non-hydrogen) atoms. The van der Waals surface area contributed by atoms with Gasteiger partial charge in [-0.25, -0.2) is 0 Å². The van der Waals surface area contributed by atoms with E-state index < -0.39 is 0 Å². The number of rotatable bonds is 5. The van der Waals surface area contributed by atoms with Gasteiger partial charge in [0.25, 0.3) is 0 Å². The van der Waals surface area contributed by atoms with Crippen molar-refractivity contribution < 1.29 is 9.47 Å². The number of nitrogens with zero attached hydrogens (tertiary/aromatic N) is 1. The van der Waals surface area contributed by atoms with E-state index in [1.54, 1.807) is 14.2 Å². The van der Waals surface area contributed by atoms with Gasteiger partial charge >= 0.3 is 0 Å². The normalized spacial score (nSPS) is 18.1. The summed E-state index contributed by atoms with van der Waals surface area (Å²) in [7, 11) is 3.28. The van der Waals surface area contributed by atoms with Crippen LogP contribution < -0.4 is 20.5 Å². The number of piperazine rings is 1. The van der Waals surface area contributed by atoms with Crippen LogP contribution in [0.2, 0.25) is 0 Å². The van der Waals surface area contributed by atoms with Crippen LogP contribution in [-0.4, -0.2) is 51.8 Å². The average Bonchev–Trinajstić information content (AvgIpc) is 2.47. The lowest BCUT2D eigenvalue weighted by Crippen LogP contribution is -2.45. The summed E-state index contributed by atoms with van der Waals surface area (Å²) in [6.45, 7) is 5.07. The molecule has 1 aliphatic rings. The minimum absolute atomic E-state index is 0.00194. The first-order valence-corrected chi connectivity index (χ1v) is 6.65. The number of ether oxygens (including phenoxy) is 2. The van der Waals surface area contributed by atoms with Crippen LogP contribution in [0.25, 0.3) is 0 Å². The zero-order valence-corrected chi connectivity index (χ0v) is 11.7. The first-order chi connectivity index (χ1) is 9.24. The summed E-state index contributed by atoms with van der Waals surface area (Å²) < 4.78 is 10.5. The summed E-state index contributed by atoms with van der Waals surface area (Å²) in [5.41, 5.74) is 7.36. The maximum Gasteiger partial charge on any atom is 0.161 e. The molecule has 1 atom stereocenters. The minimum atomic E-state index is -0.00194. The van der Waals surface area contributed by atoms with Crippen molar-refractivity contribution in [3.8, 4) is 11.5 Å². The van der Waals surface area contributed by atoms with Gasteiger partial charge in [-0.2, -0.15) is 0 Å². The SMILES string of the molecule is COc1ccc(C(N)CN2CCNCC2)cc1OC. The predicted octanol–water partition coefficient (Wildman–Crippen LogP) is 0.609. The number of hydrogen-bond donors (Lipinski definition) is 2. The molecule has 0 aliphatic carbocycles. The Morgan fingerprint density at radius 2 is 1.89 bits per heavy atom. The van der Waals surface area contributed by atoms with E-state index >= 15 is 0 Å². The highest BCUT2D eigenvalue weighted by atomic mass is 16.5. The third kappa shape index (κ3) is 3.59. The Bertz CT molecular complexity index is 406. The lowest BCUT2D eigenvalue weighted by Gasteiger charge is -2.29. The van der Waals surface area contributed by atoms with E-state index in [9.17, 15) is 0 Å². The number of nitrogens with one attached hydrogen (secondary N) is 1. The maximum absolute atomic E-state index is 6.28. The van der Waals surface area contributed by atoms with Gasteiger partial charge in [-0.1, -0.05) is 6.07 Å². The maximum atomic E-state index is 6.28. The second kappa shape index (κ2) is 6.75. The van der Waals surface area contributed by atoms with Crippen LogP contribution in [-0.2, 0) is 0 Å². The Morgan fingerprint density at radius 1 is 1.21 bits per heavy atom. The van der Waals surface area contributed by atoms with Crippen molar-refractivity contribution in [1.29, 1.82) is 0 Å². The molecule has 1 heterocycles. The Kier molecular flexibility index (Phi) is 5.01. The largest absolute Gasteiger partial charge is 0.493 e. The molecule has 2 rings (SSSR count). The number of methoxy groups -OCH3 is 2. The smallest absolute Gasteiger partial charge is 0.161 e. The van der Waals surface area contributed by atoms with Gasteiger partial charge in [0.05, 0.1) is 14.2 Å². The fourth-order valence-electron chi connectivity index (χ4n) is 2.36. The van der Waals surface area contributed by atoms with Crippen molar-refractivity contribution in [3.05, 3.63) is 23.8 Å². The lowest BCUT2D eigenvalue weighted by molar-refractivity contribution is 0.228. The monoisotopic (exact) mass is 265 g/mol. The quantitative estimate of drug-likeness (QED) is 0.817. The topological polar surface area (TPSA) is 59.8 Å². The van der Waals surface area contributed by atoms with Crippen molar-refractivity contribution in [1.82, 2.24) is 10.2 Å². The van der Waals surface area contributed by atoms with E-state index in [0.29, 0.717) is 0 Å². The number of nitrogens with two attached hydrogens (primary N) is 1. The molecule has 1 saturated heterocycles. The zero-order chi connectivity index (χ0) is 13.7. The third-order valence-corrected chi connectivity index (χ3v) is 3.50. The zero-order valence-electron chi connectivity index (χ0n) is 11.7. The van der Waals surface area contributed by atoms with Crippen LogP contribution in [0.15, 0.2) is 18.2 Å². The van der Waals surface area contributed by atoms with E-state index in [0.717, 1.165) is 49.8 Å². The molecule has 1 fully saturated rings. The highest BCUT2D eigenvalue weighted by Crippen LogP contribution is 2.29. The van der Waals surface area contributed by atoms with Crippen LogP contribution in [0.1, 0.15) is 11.6 Å². The molecular formula is C14H23N3O2. The van der Waals surface area contributed by atoms with Crippen LogP contribution in [0.4, 0.5) is 0 Å². The molecule has 1 aromatic rings. The molecule has 0 radical (unpaired) electrons. The van der Waals surface area contributed by atoms with Gasteiger partial charge in [-0.05, 0) is 17.7 Å². The van der Waals surface area contributed by atoms with Gasteiger partial charge in [0.2, 0.25) is 0 Å². The number of hydrogen-bond acceptors (Lipinski definition) is 5. The van der Waals surface area contributed by atoms with Crippen LogP contribution >= 0.6 is 0 Å². The van der Waals surface area contributed by atoms with E-state index in [1.165, 1.54) is 0 Å². The number of benzene rings is 1. The lowest BCUT2D eigenvalue weighted by atomic mass is 10.1. The second-order valence-electron chi connectivity index (χ2n) is 4.77. The van der Waals surface area contributed by atoms with Crippen molar-refractivity contribution in [3.63, 3.8) is 0 Å². The summed E-state index contributed by atoms with van der Waals surface area (Å²) in [5.74, 6) is 1.47. The van der Waals surface area contributed by atoms with Gasteiger partial charge in [-0.3, -0.25) is 4.90 Å². The molecule has 106 valence electrons. The Hall–Kier alpha value is -1.30. The highest BCUT2D eigenvalue weighted by Gasteiger charge is 2.16. The molecule has 5 nitrogen and oxygen atoms in total. The molecule has 0 amide bonds. The van der Waals surface area contributed by atoms with Gasteiger partial charge in [0.1, 0.15) is 0 Å². The van der Waals surface area contributed by atoms with Gasteiger partial charge in [0.15, 0.2) is 11.5 Å². The summed E-state index contributed by atoms with van der Waals surface area (Å²) in [5, 5.41) is 3.34. The van der Waals surface area contributed by atoms with E-state index in [4.69, 9.17) is 15.2 Å². The Labute approximate surface area is 114 Å². The molecular weight excluding hydrogens is 242 g/mol. The van der Waals surface area contributed by atoms with Crippen molar-refractivity contribution in [2.75, 3.05) is 46.9 Å². The molecule has 1 unspecified atom stereocenters. The fraction of sp³-hybridized carbons (Fsp3) is 0.571. The molecule has 5 heteroatoms. The van der Waals surface area contributed by atoms with E-state index in [2.05, 4.69) is 10.2 Å². The Morgan fingerprint density at radius 3 is 2.53 bits per heavy atom. The highest BCUT2D eigenvalue weighted by molar-refractivity contribution is 5.43. The summed E-state index contributed by atoms with van der Waals surface area (Å²) in [6.07, 6.45) is 0.